The van der Waals surface area contributed by atoms with Crippen molar-refractivity contribution in [2.24, 2.45) is 7.05 Å². The molecular formula is C19H25FN2O3. The zero-order chi connectivity index (χ0) is 18.4. The fourth-order valence-electron chi connectivity index (χ4n) is 2.35. The van der Waals surface area contributed by atoms with Crippen molar-refractivity contribution < 1.29 is 18.7 Å². The lowest BCUT2D eigenvalue weighted by Crippen LogP contribution is -2.24. The largest absolute Gasteiger partial charge is 0.460 e. The van der Waals surface area contributed by atoms with Crippen LogP contribution >= 0.6 is 0 Å². The highest BCUT2D eigenvalue weighted by Crippen LogP contribution is 2.23. The van der Waals surface area contributed by atoms with Crippen molar-refractivity contribution in [3.05, 3.63) is 42.0 Å². The first kappa shape index (κ1) is 19.1. The van der Waals surface area contributed by atoms with Gasteiger partial charge in [0.15, 0.2) is 0 Å². The van der Waals surface area contributed by atoms with Crippen LogP contribution in [0.2, 0.25) is 0 Å². The number of aromatic nitrogens is 2. The molecule has 0 bridgehead atoms. The van der Waals surface area contributed by atoms with Crippen LogP contribution in [0.3, 0.4) is 0 Å². The van der Waals surface area contributed by atoms with E-state index >= 15 is 0 Å². The molecule has 0 saturated carbocycles. The SMILES string of the molecule is Cn1cc(-c2cc(CCOCCC(=O)OC(C)(C)C)ccc2F)cn1. The molecule has 0 radical (unpaired) electrons. The minimum Gasteiger partial charge on any atom is -0.460 e. The lowest BCUT2D eigenvalue weighted by molar-refractivity contribution is -0.156. The molecule has 0 spiro atoms. The quantitative estimate of drug-likeness (QED) is 0.567. The van der Waals surface area contributed by atoms with Crippen molar-refractivity contribution in [3.63, 3.8) is 0 Å². The molecule has 1 heterocycles. The highest BCUT2D eigenvalue weighted by Gasteiger charge is 2.15. The summed E-state index contributed by atoms with van der Waals surface area (Å²) >= 11 is 0. The third-order valence-corrected chi connectivity index (χ3v) is 3.45. The van der Waals surface area contributed by atoms with Crippen LogP contribution in [-0.4, -0.2) is 34.6 Å². The number of nitrogens with zero attached hydrogens (tertiary/aromatic N) is 2. The Morgan fingerprint density at radius 2 is 2.04 bits per heavy atom. The number of halogens is 1. The molecule has 136 valence electrons. The van der Waals surface area contributed by atoms with E-state index in [1.165, 1.54) is 6.07 Å². The minimum absolute atomic E-state index is 0.224. The molecule has 0 N–H and O–H groups in total. The molecule has 0 saturated heterocycles. The average molecular weight is 348 g/mol. The Labute approximate surface area is 147 Å². The summed E-state index contributed by atoms with van der Waals surface area (Å²) in [5.74, 6) is -0.546. The van der Waals surface area contributed by atoms with Crippen molar-refractivity contribution in [1.29, 1.82) is 0 Å². The number of rotatable bonds is 7. The average Bonchev–Trinajstić information content (AvgIpc) is 2.93. The first-order valence-electron chi connectivity index (χ1n) is 8.31. The summed E-state index contributed by atoms with van der Waals surface area (Å²) in [6, 6.07) is 5.01. The maximum atomic E-state index is 14.0. The van der Waals surface area contributed by atoms with Crippen LogP contribution in [0.5, 0.6) is 0 Å². The molecule has 0 aliphatic rings. The highest BCUT2D eigenvalue weighted by molar-refractivity contribution is 5.69. The van der Waals surface area contributed by atoms with E-state index in [2.05, 4.69) is 5.10 Å². The third-order valence-electron chi connectivity index (χ3n) is 3.45. The lowest BCUT2D eigenvalue weighted by Gasteiger charge is -2.19. The van der Waals surface area contributed by atoms with E-state index in [4.69, 9.17) is 9.47 Å². The van der Waals surface area contributed by atoms with Crippen molar-refractivity contribution in [1.82, 2.24) is 9.78 Å². The Kier molecular flexibility index (Phi) is 6.31. The topological polar surface area (TPSA) is 53.4 Å². The second-order valence-corrected chi connectivity index (χ2v) is 6.92. The van der Waals surface area contributed by atoms with E-state index in [0.29, 0.717) is 25.2 Å². The predicted octanol–water partition coefficient (Wildman–Crippen LogP) is 3.52. The van der Waals surface area contributed by atoms with Gasteiger partial charge in [0.25, 0.3) is 0 Å². The second-order valence-electron chi connectivity index (χ2n) is 6.92. The maximum absolute atomic E-state index is 14.0. The van der Waals surface area contributed by atoms with Gasteiger partial charge < -0.3 is 9.47 Å². The second kappa shape index (κ2) is 8.25. The van der Waals surface area contributed by atoms with Crippen molar-refractivity contribution in [2.45, 2.75) is 39.2 Å². The number of carbonyl (C=O) groups excluding carboxylic acids is 1. The van der Waals surface area contributed by atoms with E-state index in [1.54, 1.807) is 30.2 Å². The molecule has 1 aromatic carbocycles. The van der Waals surface area contributed by atoms with Crippen LogP contribution in [0.15, 0.2) is 30.6 Å². The van der Waals surface area contributed by atoms with Gasteiger partial charge in [-0.05, 0) is 44.9 Å². The van der Waals surface area contributed by atoms with Gasteiger partial charge in [0.1, 0.15) is 11.4 Å². The number of benzene rings is 1. The summed E-state index contributed by atoms with van der Waals surface area (Å²) in [6.45, 7) is 6.27. The minimum atomic E-state index is -0.478. The normalized spacial score (nSPS) is 11.6. The molecule has 0 amide bonds. The fourth-order valence-corrected chi connectivity index (χ4v) is 2.35. The summed E-state index contributed by atoms with van der Waals surface area (Å²) < 4.78 is 26.4. The summed E-state index contributed by atoms with van der Waals surface area (Å²) in [5, 5.41) is 4.07. The summed E-state index contributed by atoms with van der Waals surface area (Å²) in [7, 11) is 1.80. The summed E-state index contributed by atoms with van der Waals surface area (Å²) in [6.07, 6.45) is 4.28. The standard InChI is InChI=1S/C19H25FN2O3/c1-19(2,3)25-18(23)8-10-24-9-7-14-5-6-17(20)16(11-14)15-12-21-22(4)13-15/h5-6,11-13H,7-10H2,1-4H3. The van der Waals surface area contributed by atoms with Crippen LogP contribution in [0.25, 0.3) is 11.1 Å². The zero-order valence-electron chi connectivity index (χ0n) is 15.2. The Morgan fingerprint density at radius 1 is 1.28 bits per heavy atom. The molecule has 0 aliphatic carbocycles. The van der Waals surface area contributed by atoms with E-state index in [-0.39, 0.29) is 18.2 Å². The van der Waals surface area contributed by atoms with Crippen LogP contribution in [-0.2, 0) is 27.7 Å². The Hall–Kier alpha value is -2.21. The number of esters is 1. The number of carbonyl (C=O) groups is 1. The molecule has 0 unspecified atom stereocenters. The lowest BCUT2D eigenvalue weighted by atomic mass is 10.0. The number of ether oxygens (including phenoxy) is 2. The first-order chi connectivity index (χ1) is 11.7. The molecule has 0 aliphatic heterocycles. The monoisotopic (exact) mass is 348 g/mol. The fraction of sp³-hybridized carbons (Fsp3) is 0.474. The zero-order valence-corrected chi connectivity index (χ0v) is 15.2. The van der Waals surface area contributed by atoms with Crippen LogP contribution < -0.4 is 0 Å². The van der Waals surface area contributed by atoms with Crippen LogP contribution in [0, 0.1) is 5.82 Å². The molecule has 0 atom stereocenters. The Morgan fingerprint density at radius 3 is 2.68 bits per heavy atom. The summed E-state index contributed by atoms with van der Waals surface area (Å²) in [5.41, 5.74) is 1.76. The van der Waals surface area contributed by atoms with Crippen LogP contribution in [0.4, 0.5) is 4.39 Å². The Bertz CT molecular complexity index is 720. The Balaban J connectivity index is 1.81. The molecule has 1 aromatic heterocycles. The van der Waals surface area contributed by atoms with Gasteiger partial charge in [-0.2, -0.15) is 5.10 Å². The molecule has 2 aromatic rings. The number of hydrogen-bond acceptors (Lipinski definition) is 4. The van der Waals surface area contributed by atoms with Gasteiger partial charge in [0, 0.05) is 24.4 Å². The van der Waals surface area contributed by atoms with E-state index in [0.717, 1.165) is 11.1 Å². The van der Waals surface area contributed by atoms with E-state index in [1.807, 2.05) is 26.8 Å². The van der Waals surface area contributed by atoms with Crippen molar-refractivity contribution in [2.75, 3.05) is 13.2 Å². The van der Waals surface area contributed by atoms with Gasteiger partial charge >= 0.3 is 5.97 Å². The van der Waals surface area contributed by atoms with Gasteiger partial charge in [-0.1, -0.05) is 6.07 Å². The van der Waals surface area contributed by atoms with Gasteiger partial charge in [0.2, 0.25) is 0 Å². The molecule has 5 nitrogen and oxygen atoms in total. The van der Waals surface area contributed by atoms with Crippen molar-refractivity contribution in [3.8, 4) is 11.1 Å². The van der Waals surface area contributed by atoms with Gasteiger partial charge in [-0.25, -0.2) is 4.39 Å². The van der Waals surface area contributed by atoms with E-state index in [9.17, 15) is 9.18 Å². The maximum Gasteiger partial charge on any atom is 0.308 e. The molecule has 25 heavy (non-hydrogen) atoms. The van der Waals surface area contributed by atoms with Crippen molar-refractivity contribution >= 4 is 5.97 Å². The smallest absolute Gasteiger partial charge is 0.308 e. The van der Waals surface area contributed by atoms with Crippen LogP contribution in [0.1, 0.15) is 32.8 Å². The molecular weight excluding hydrogens is 323 g/mol. The van der Waals surface area contributed by atoms with Gasteiger partial charge in [-0.15, -0.1) is 0 Å². The predicted molar refractivity (Wildman–Crippen MR) is 93.6 cm³/mol. The summed E-state index contributed by atoms with van der Waals surface area (Å²) in [4.78, 5) is 11.6. The van der Waals surface area contributed by atoms with E-state index < -0.39 is 5.60 Å². The number of aryl methyl sites for hydroxylation is 1. The first-order valence-corrected chi connectivity index (χ1v) is 8.31. The molecule has 2 rings (SSSR count). The highest BCUT2D eigenvalue weighted by atomic mass is 19.1. The molecule has 0 fully saturated rings. The molecule has 6 heteroatoms. The van der Waals surface area contributed by atoms with Gasteiger partial charge in [0.05, 0.1) is 25.8 Å². The third kappa shape index (κ3) is 6.31. The van der Waals surface area contributed by atoms with Gasteiger partial charge in [-0.3, -0.25) is 9.48 Å². The number of hydrogen-bond donors (Lipinski definition) is 0.